The second-order valence-electron chi connectivity index (χ2n) is 5.19. The first kappa shape index (κ1) is 19.2. The first-order valence-electron chi connectivity index (χ1n) is 7.65. The van der Waals surface area contributed by atoms with E-state index in [1.165, 1.54) is 28.7 Å². The highest BCUT2D eigenvalue weighted by Crippen LogP contribution is 2.31. The van der Waals surface area contributed by atoms with Crippen LogP contribution in [0, 0.1) is 0 Å². The molecule has 2 aromatic carbocycles. The normalized spacial score (nSPS) is 10.7. The summed E-state index contributed by atoms with van der Waals surface area (Å²) in [7, 11) is 1.60. The number of hydrogen-bond acceptors (Lipinski definition) is 7. The molecule has 0 amide bonds. The lowest BCUT2D eigenvalue weighted by Crippen LogP contribution is -2.02. The average molecular weight is 423 g/mol. The molecule has 1 aromatic heterocycles. The highest BCUT2D eigenvalue weighted by Gasteiger charge is 2.11. The van der Waals surface area contributed by atoms with E-state index < -0.39 is 0 Å². The van der Waals surface area contributed by atoms with Crippen LogP contribution in [-0.4, -0.2) is 28.8 Å². The number of benzene rings is 2. The van der Waals surface area contributed by atoms with E-state index in [1.54, 1.807) is 43.1 Å². The molecule has 0 N–H and O–H groups in total. The van der Waals surface area contributed by atoms with Crippen LogP contribution in [0.2, 0.25) is 5.02 Å². The number of methoxy groups -OCH3 is 1. The minimum absolute atomic E-state index is 0.0585. The predicted octanol–water partition coefficient (Wildman–Crippen LogP) is 5.47. The van der Waals surface area contributed by atoms with Gasteiger partial charge in [-0.3, -0.25) is 4.79 Å². The molecule has 0 bridgehead atoms. The number of halogens is 1. The Hall–Kier alpha value is -1.54. The molecule has 0 saturated carbocycles. The van der Waals surface area contributed by atoms with Crippen molar-refractivity contribution in [3.05, 3.63) is 64.7 Å². The summed E-state index contributed by atoms with van der Waals surface area (Å²) in [6.45, 7) is 0. The monoisotopic (exact) mass is 422 g/mol. The van der Waals surface area contributed by atoms with Gasteiger partial charge in [0.2, 0.25) is 0 Å². The van der Waals surface area contributed by atoms with Crippen LogP contribution >= 0.6 is 46.5 Å². The minimum atomic E-state index is 0.0585. The van der Waals surface area contributed by atoms with Crippen LogP contribution in [0.1, 0.15) is 15.9 Å². The van der Waals surface area contributed by atoms with Crippen molar-refractivity contribution in [2.24, 2.45) is 0 Å². The molecule has 3 rings (SSSR count). The van der Waals surface area contributed by atoms with E-state index in [-0.39, 0.29) is 5.78 Å². The molecule has 0 aliphatic rings. The highest BCUT2D eigenvalue weighted by atomic mass is 35.5. The number of Topliss-reactive ketones (excluding diaryl/α,β-unsaturated/α-hetero) is 1. The van der Waals surface area contributed by atoms with Gasteiger partial charge in [-0.1, -0.05) is 58.6 Å². The summed E-state index contributed by atoms with van der Waals surface area (Å²) in [5.74, 6) is 1.94. The van der Waals surface area contributed by atoms with Crippen LogP contribution in [0.5, 0.6) is 5.75 Å². The van der Waals surface area contributed by atoms with E-state index in [1.807, 2.05) is 24.3 Å². The van der Waals surface area contributed by atoms with Crippen LogP contribution in [0.25, 0.3) is 0 Å². The largest absolute Gasteiger partial charge is 0.497 e. The van der Waals surface area contributed by atoms with E-state index >= 15 is 0 Å². The molecule has 134 valence electrons. The van der Waals surface area contributed by atoms with Gasteiger partial charge in [0.1, 0.15) is 5.75 Å². The second-order valence-corrected chi connectivity index (χ2v) is 9.05. The molecular weight excluding hydrogens is 408 g/mol. The molecule has 0 unspecified atom stereocenters. The summed E-state index contributed by atoms with van der Waals surface area (Å²) >= 11 is 10.4. The van der Waals surface area contributed by atoms with E-state index in [4.69, 9.17) is 16.3 Å². The maximum Gasteiger partial charge on any atom is 0.175 e. The average Bonchev–Trinajstić information content (AvgIpc) is 3.13. The first-order chi connectivity index (χ1) is 12.6. The Kier molecular flexibility index (Phi) is 6.96. The third-order valence-corrected chi connectivity index (χ3v) is 6.92. The molecular formula is C18H15ClN2O2S3. The second kappa shape index (κ2) is 9.41. The zero-order valence-corrected chi connectivity index (χ0v) is 17.1. The lowest BCUT2D eigenvalue weighted by Gasteiger charge is -2.01. The Morgan fingerprint density at radius 3 is 2.35 bits per heavy atom. The Morgan fingerprint density at radius 2 is 1.69 bits per heavy atom. The van der Waals surface area contributed by atoms with Crippen LogP contribution in [-0.2, 0) is 5.75 Å². The standard InChI is InChI=1S/C18H15ClN2O2S3/c1-23-15-8-4-13(5-9-15)16(22)11-25-18-21-20-17(26-18)24-10-12-2-6-14(19)7-3-12/h2-9H,10-11H2,1H3. The number of ether oxygens (including phenoxy) is 1. The van der Waals surface area contributed by atoms with Gasteiger partial charge in [-0.2, -0.15) is 0 Å². The van der Waals surface area contributed by atoms with Gasteiger partial charge in [0, 0.05) is 16.3 Å². The van der Waals surface area contributed by atoms with Crippen molar-refractivity contribution in [1.29, 1.82) is 0 Å². The van der Waals surface area contributed by atoms with E-state index in [2.05, 4.69) is 10.2 Å². The molecule has 26 heavy (non-hydrogen) atoms. The Bertz CT molecular complexity index is 867. The molecule has 8 heteroatoms. The summed E-state index contributed by atoms with van der Waals surface area (Å²) in [6, 6.07) is 14.9. The summed E-state index contributed by atoms with van der Waals surface area (Å²) in [5, 5.41) is 9.06. The third kappa shape index (κ3) is 5.48. The number of nitrogens with zero attached hydrogens (tertiary/aromatic N) is 2. The van der Waals surface area contributed by atoms with Gasteiger partial charge in [-0.25, -0.2) is 0 Å². The topological polar surface area (TPSA) is 52.1 Å². The number of ketones is 1. The summed E-state index contributed by atoms with van der Waals surface area (Å²) < 4.78 is 6.78. The smallest absolute Gasteiger partial charge is 0.175 e. The molecule has 1 heterocycles. The molecule has 4 nitrogen and oxygen atoms in total. The number of carbonyl (C=O) groups is 1. The van der Waals surface area contributed by atoms with E-state index in [0.29, 0.717) is 11.3 Å². The fourth-order valence-corrected chi connectivity index (χ4v) is 5.02. The van der Waals surface area contributed by atoms with E-state index in [9.17, 15) is 4.79 Å². The molecule has 0 aliphatic carbocycles. The summed E-state index contributed by atoms with van der Waals surface area (Å²) in [6.07, 6.45) is 0. The summed E-state index contributed by atoms with van der Waals surface area (Å²) in [4.78, 5) is 12.2. The van der Waals surface area contributed by atoms with Gasteiger partial charge in [-0.15, -0.1) is 10.2 Å². The van der Waals surface area contributed by atoms with Crippen LogP contribution in [0.15, 0.2) is 57.2 Å². The fraction of sp³-hybridized carbons (Fsp3) is 0.167. The lowest BCUT2D eigenvalue weighted by molar-refractivity contribution is 0.102. The Morgan fingerprint density at radius 1 is 1.04 bits per heavy atom. The van der Waals surface area contributed by atoms with Crippen molar-refractivity contribution in [2.75, 3.05) is 12.9 Å². The lowest BCUT2D eigenvalue weighted by atomic mass is 10.1. The van der Waals surface area contributed by atoms with Crippen LogP contribution < -0.4 is 4.74 Å². The zero-order chi connectivity index (χ0) is 18.4. The van der Waals surface area contributed by atoms with E-state index in [0.717, 1.165) is 25.2 Å². The first-order valence-corrected chi connectivity index (χ1v) is 10.8. The molecule has 3 aromatic rings. The molecule has 0 atom stereocenters. The Balaban J connectivity index is 1.49. The van der Waals surface area contributed by atoms with Crippen LogP contribution in [0.3, 0.4) is 0 Å². The molecule has 0 radical (unpaired) electrons. The van der Waals surface area contributed by atoms with Gasteiger partial charge in [0.15, 0.2) is 14.5 Å². The van der Waals surface area contributed by atoms with Crippen molar-refractivity contribution >= 4 is 52.2 Å². The number of hydrogen-bond donors (Lipinski definition) is 0. The fourth-order valence-electron chi connectivity index (χ4n) is 2.03. The predicted molar refractivity (Wildman–Crippen MR) is 109 cm³/mol. The van der Waals surface area contributed by atoms with Gasteiger partial charge >= 0.3 is 0 Å². The van der Waals surface area contributed by atoms with Crippen molar-refractivity contribution in [2.45, 2.75) is 14.4 Å². The van der Waals surface area contributed by atoms with Gasteiger partial charge < -0.3 is 4.74 Å². The maximum absolute atomic E-state index is 12.2. The molecule has 0 saturated heterocycles. The number of carbonyl (C=O) groups excluding carboxylic acids is 1. The SMILES string of the molecule is COc1ccc(C(=O)CSc2nnc(SCc3ccc(Cl)cc3)s2)cc1. The highest BCUT2D eigenvalue weighted by molar-refractivity contribution is 8.03. The number of thioether (sulfide) groups is 2. The molecule has 0 spiro atoms. The van der Waals surface area contributed by atoms with Gasteiger partial charge in [-0.05, 0) is 42.0 Å². The van der Waals surface area contributed by atoms with Crippen LogP contribution in [0.4, 0.5) is 0 Å². The van der Waals surface area contributed by atoms with Crippen molar-refractivity contribution < 1.29 is 9.53 Å². The van der Waals surface area contributed by atoms with Crippen molar-refractivity contribution in [1.82, 2.24) is 10.2 Å². The minimum Gasteiger partial charge on any atom is -0.497 e. The quantitative estimate of drug-likeness (QED) is 0.354. The summed E-state index contributed by atoms with van der Waals surface area (Å²) in [5.41, 5.74) is 1.85. The molecule has 0 aliphatic heterocycles. The number of aromatic nitrogens is 2. The van der Waals surface area contributed by atoms with Gasteiger partial charge in [0.25, 0.3) is 0 Å². The molecule has 0 fully saturated rings. The number of rotatable bonds is 8. The maximum atomic E-state index is 12.2. The van der Waals surface area contributed by atoms with Crippen molar-refractivity contribution in [3.8, 4) is 5.75 Å². The van der Waals surface area contributed by atoms with Crippen molar-refractivity contribution in [3.63, 3.8) is 0 Å². The third-order valence-electron chi connectivity index (χ3n) is 3.40. The van der Waals surface area contributed by atoms with Gasteiger partial charge in [0.05, 0.1) is 12.9 Å². The Labute approximate surface area is 169 Å². The zero-order valence-electron chi connectivity index (χ0n) is 13.8.